The first-order chi connectivity index (χ1) is 3.00. The van der Waals surface area contributed by atoms with Gasteiger partial charge in [-0.15, -0.1) is 0 Å². The van der Waals surface area contributed by atoms with Gasteiger partial charge in [-0.1, -0.05) is 6.08 Å². The van der Waals surface area contributed by atoms with Crippen LogP contribution in [0.15, 0.2) is 23.8 Å². The number of allylic oxidation sites excluding steroid dienone is 2. The second-order valence-electron chi connectivity index (χ2n) is 0.923. The van der Waals surface area contributed by atoms with Crippen molar-refractivity contribution in [2.75, 3.05) is 0 Å². The number of rotatable bonds is 0. The maximum absolute atomic E-state index is 2.93. The molecule has 2 heteroatoms. The Balaban J connectivity index is 0.000000360. The van der Waals surface area contributed by atoms with Crippen molar-refractivity contribution >= 4 is 11.9 Å². The summed E-state index contributed by atoms with van der Waals surface area (Å²) in [5.74, 6) is 0. The van der Waals surface area contributed by atoms with E-state index in [0.29, 0.717) is 0 Å². The van der Waals surface area contributed by atoms with Crippen molar-refractivity contribution in [2.24, 2.45) is 0 Å². The van der Waals surface area contributed by atoms with E-state index in [9.17, 15) is 0 Å². The average Bonchev–Trinajstić information content (AvgIpc) is 1.72. The highest BCUT2D eigenvalue weighted by atomic mass is 32.2. The molecule has 0 saturated carbocycles. The summed E-state index contributed by atoms with van der Waals surface area (Å²) in [4.78, 5) is 0. The molecule has 1 aliphatic heterocycles. The molecule has 1 heterocycles. The number of hydrogen-bond acceptors (Lipinski definition) is 2. The molecule has 6 heavy (non-hydrogen) atoms. The lowest BCUT2D eigenvalue weighted by molar-refractivity contribution is 1.42. The van der Waals surface area contributed by atoms with Gasteiger partial charge in [-0.25, -0.2) is 0 Å². The first kappa shape index (κ1) is 3.81. The lowest BCUT2D eigenvalue weighted by atomic mass is 10.6. The van der Waals surface area contributed by atoms with E-state index in [4.69, 9.17) is 0 Å². The van der Waals surface area contributed by atoms with Crippen LogP contribution in [-0.2, 0) is 0 Å². The monoisotopic (exact) mass is 101 g/mol. The molecule has 0 amide bonds. The highest BCUT2D eigenvalue weighted by Crippen LogP contribution is 1.98. The summed E-state index contributed by atoms with van der Waals surface area (Å²) in [6.07, 6.45) is 5.84. The largest absolute Gasteiger partial charge is 0.333 e. The van der Waals surface area contributed by atoms with Gasteiger partial charge in [0.05, 0.1) is 0 Å². The van der Waals surface area contributed by atoms with E-state index in [1.54, 1.807) is 11.9 Å². The molecule has 0 radical (unpaired) electrons. The first-order valence-corrected chi connectivity index (χ1v) is 2.61. The molecule has 0 aromatic heterocycles. The Morgan fingerprint density at radius 2 is 2.50 bits per heavy atom. The summed E-state index contributed by atoms with van der Waals surface area (Å²) in [6, 6.07) is 0. The van der Waals surface area contributed by atoms with E-state index in [0.717, 1.165) is 0 Å². The molecule has 0 bridgehead atoms. The highest BCUT2D eigenvalue weighted by Gasteiger charge is 1.74. The Bertz CT molecular complexity index is 77.7. The molecule has 34 valence electrons. The van der Waals surface area contributed by atoms with Gasteiger partial charge < -0.3 is 4.72 Å². The Hall–Kier alpha value is -0.370. The summed E-state index contributed by atoms with van der Waals surface area (Å²) < 4.78 is 2.93. The van der Waals surface area contributed by atoms with Gasteiger partial charge in [0.2, 0.25) is 0 Å². The maximum Gasteiger partial charge on any atom is 0.00756 e. The zero-order valence-corrected chi connectivity index (χ0v) is 4.03. The molecule has 1 rings (SSSR count). The Morgan fingerprint density at radius 3 is 2.67 bits per heavy atom. The van der Waals surface area contributed by atoms with Crippen LogP contribution >= 0.6 is 11.9 Å². The van der Waals surface area contributed by atoms with Crippen LogP contribution in [0.1, 0.15) is 1.43 Å². The van der Waals surface area contributed by atoms with Crippen molar-refractivity contribution < 1.29 is 1.43 Å². The number of nitrogens with one attached hydrogen (secondary N) is 1. The molecule has 0 aromatic rings. The predicted molar refractivity (Wildman–Crippen MR) is 31.1 cm³/mol. The fraction of sp³-hybridized carbons (Fsp3) is 0. The third-order valence-corrected chi connectivity index (χ3v) is 1.06. The van der Waals surface area contributed by atoms with Gasteiger partial charge in [0.25, 0.3) is 0 Å². The Labute approximate surface area is 42.7 Å². The average molecular weight is 101 g/mol. The lowest BCUT2D eigenvalue weighted by Crippen LogP contribution is -1.88. The molecule has 0 aliphatic carbocycles. The minimum Gasteiger partial charge on any atom is -0.333 e. The smallest absolute Gasteiger partial charge is 0.00756 e. The van der Waals surface area contributed by atoms with Crippen LogP contribution < -0.4 is 4.72 Å². The van der Waals surface area contributed by atoms with Crippen molar-refractivity contribution in [3.8, 4) is 0 Å². The van der Waals surface area contributed by atoms with Crippen LogP contribution in [0.3, 0.4) is 0 Å². The molecule has 0 spiro atoms. The quantitative estimate of drug-likeness (QED) is 0.464. The lowest BCUT2D eigenvalue weighted by Gasteiger charge is -1.93. The van der Waals surface area contributed by atoms with Gasteiger partial charge in [0.1, 0.15) is 0 Å². The fourth-order valence-corrected chi connectivity index (χ4v) is 0.663. The van der Waals surface area contributed by atoms with Crippen LogP contribution in [0.2, 0.25) is 0 Å². The highest BCUT2D eigenvalue weighted by molar-refractivity contribution is 8.00. The van der Waals surface area contributed by atoms with Crippen molar-refractivity contribution in [2.45, 2.75) is 0 Å². The third-order valence-electron chi connectivity index (χ3n) is 0.490. The topological polar surface area (TPSA) is 12.0 Å². The third kappa shape index (κ3) is 0.792. The van der Waals surface area contributed by atoms with Crippen molar-refractivity contribution in [3.63, 3.8) is 0 Å². The Kier molecular flexibility index (Phi) is 1.22. The van der Waals surface area contributed by atoms with Gasteiger partial charge in [0, 0.05) is 7.63 Å². The molecule has 1 aliphatic rings. The van der Waals surface area contributed by atoms with E-state index in [2.05, 4.69) is 4.72 Å². The van der Waals surface area contributed by atoms with Gasteiger partial charge in [-0.3, -0.25) is 0 Å². The molecule has 0 atom stereocenters. The van der Waals surface area contributed by atoms with Crippen LogP contribution in [0, 0.1) is 0 Å². The van der Waals surface area contributed by atoms with Crippen molar-refractivity contribution in [1.82, 2.24) is 4.72 Å². The molecular formula is C4H7NS. The number of hydrogen-bond donors (Lipinski definition) is 1. The fourth-order valence-electron chi connectivity index (χ4n) is 0.258. The van der Waals surface area contributed by atoms with Gasteiger partial charge in [0.15, 0.2) is 0 Å². The van der Waals surface area contributed by atoms with Crippen molar-refractivity contribution in [3.05, 3.63) is 23.8 Å². The van der Waals surface area contributed by atoms with Gasteiger partial charge in [-0.05, 0) is 23.4 Å². The minimum atomic E-state index is 0. The molecule has 0 fully saturated rings. The van der Waals surface area contributed by atoms with E-state index in [-0.39, 0.29) is 1.43 Å². The summed E-state index contributed by atoms with van der Waals surface area (Å²) in [7, 11) is 0. The van der Waals surface area contributed by atoms with Crippen LogP contribution in [-0.4, -0.2) is 0 Å². The second kappa shape index (κ2) is 1.92. The molecule has 0 aromatic carbocycles. The molecular weight excluding hydrogens is 94.1 g/mol. The Morgan fingerprint density at radius 1 is 1.50 bits per heavy atom. The molecule has 0 saturated heterocycles. The summed E-state index contributed by atoms with van der Waals surface area (Å²) in [6.45, 7) is 0. The van der Waals surface area contributed by atoms with E-state index >= 15 is 0 Å². The van der Waals surface area contributed by atoms with Crippen LogP contribution in [0.4, 0.5) is 0 Å². The molecule has 1 nitrogen and oxygen atoms in total. The van der Waals surface area contributed by atoms with E-state index in [1.165, 1.54) is 0 Å². The zero-order chi connectivity index (χ0) is 4.24. The SMILES string of the molecule is C1=CNSC=C1.[HH]. The first-order valence-electron chi connectivity index (χ1n) is 1.73. The van der Waals surface area contributed by atoms with E-state index in [1.807, 2.05) is 23.8 Å². The van der Waals surface area contributed by atoms with Crippen molar-refractivity contribution in [1.29, 1.82) is 0 Å². The van der Waals surface area contributed by atoms with Gasteiger partial charge >= 0.3 is 0 Å². The maximum atomic E-state index is 2.93. The standard InChI is InChI=1S/C4H5NS.H2/c1-2-4-6-5-3-1;/h1-5H;1H. The van der Waals surface area contributed by atoms with E-state index < -0.39 is 0 Å². The summed E-state index contributed by atoms with van der Waals surface area (Å²) in [5, 5.41) is 1.99. The molecule has 0 unspecified atom stereocenters. The summed E-state index contributed by atoms with van der Waals surface area (Å²) in [5.41, 5.74) is 0. The van der Waals surface area contributed by atoms with Gasteiger partial charge in [-0.2, -0.15) is 0 Å². The zero-order valence-electron chi connectivity index (χ0n) is 3.22. The van der Waals surface area contributed by atoms with Crippen LogP contribution in [0.25, 0.3) is 0 Å². The molecule has 1 N–H and O–H groups in total. The second-order valence-corrected chi connectivity index (χ2v) is 1.67. The van der Waals surface area contributed by atoms with Crippen LogP contribution in [0.5, 0.6) is 0 Å². The minimum absolute atomic E-state index is 0. The predicted octanol–water partition coefficient (Wildman–Crippen LogP) is 1.51. The normalized spacial score (nSPS) is 17.3. The summed E-state index contributed by atoms with van der Waals surface area (Å²) >= 11 is 1.58.